The Morgan fingerprint density at radius 3 is 1.43 bits per heavy atom. The van der Waals surface area contributed by atoms with Crippen LogP contribution in [0, 0.1) is 0 Å². The normalized spacial score (nSPS) is 16.5. The number of rotatable bonds is 20. The highest BCUT2D eigenvalue weighted by atomic mass is 15.4. The maximum absolute atomic E-state index is 2.62. The third-order valence-electron chi connectivity index (χ3n) is 6.42. The molecule has 2 heteroatoms. The van der Waals surface area contributed by atoms with Crippen molar-refractivity contribution in [3.05, 3.63) is 12.4 Å². The minimum absolute atomic E-state index is 0.638. The molecule has 1 unspecified atom stereocenters. The lowest BCUT2D eigenvalue weighted by molar-refractivity contribution is 0.142. The van der Waals surface area contributed by atoms with Crippen LogP contribution in [-0.2, 0) is 0 Å². The van der Waals surface area contributed by atoms with E-state index >= 15 is 0 Å². The zero-order valence-corrected chi connectivity index (χ0v) is 19.8. The second-order valence-electron chi connectivity index (χ2n) is 8.94. The molecule has 0 bridgehead atoms. The van der Waals surface area contributed by atoms with Crippen molar-refractivity contribution in [2.45, 2.75) is 143 Å². The van der Waals surface area contributed by atoms with Crippen LogP contribution in [0.3, 0.4) is 0 Å². The number of hydrogen-bond acceptors (Lipinski definition) is 2. The summed E-state index contributed by atoms with van der Waals surface area (Å²) in [6.45, 7) is 9.29. The Labute approximate surface area is 178 Å². The SMILES string of the molecule is CCCCCCCCCCCCCCN1C=CN(CC)C1CCCCCCC. The van der Waals surface area contributed by atoms with E-state index < -0.39 is 0 Å². The molecule has 0 N–H and O–H groups in total. The van der Waals surface area contributed by atoms with Gasteiger partial charge in [0.15, 0.2) is 0 Å². The fourth-order valence-electron chi connectivity index (χ4n) is 4.50. The van der Waals surface area contributed by atoms with Gasteiger partial charge in [-0.1, -0.05) is 110 Å². The molecule has 0 amide bonds. The van der Waals surface area contributed by atoms with Gasteiger partial charge in [0.2, 0.25) is 0 Å². The summed E-state index contributed by atoms with van der Waals surface area (Å²) in [5, 5.41) is 0. The molecule has 166 valence electrons. The molecule has 1 aliphatic heterocycles. The largest absolute Gasteiger partial charge is 0.356 e. The summed E-state index contributed by atoms with van der Waals surface area (Å²) in [6, 6.07) is 0. The Bertz CT molecular complexity index is 352. The molecule has 0 aromatic carbocycles. The third-order valence-corrected chi connectivity index (χ3v) is 6.42. The lowest BCUT2D eigenvalue weighted by atomic mass is 10.1. The minimum Gasteiger partial charge on any atom is -0.356 e. The highest BCUT2D eigenvalue weighted by molar-refractivity contribution is 4.96. The molecule has 0 fully saturated rings. The van der Waals surface area contributed by atoms with E-state index in [-0.39, 0.29) is 0 Å². The highest BCUT2D eigenvalue weighted by Gasteiger charge is 2.23. The molecule has 0 radical (unpaired) electrons. The maximum Gasteiger partial charge on any atom is 0.101 e. The average molecular weight is 393 g/mol. The van der Waals surface area contributed by atoms with Gasteiger partial charge in [-0.05, 0) is 26.2 Å². The van der Waals surface area contributed by atoms with E-state index in [1.165, 1.54) is 122 Å². The van der Waals surface area contributed by atoms with Gasteiger partial charge in [-0.3, -0.25) is 0 Å². The molecule has 1 rings (SSSR count). The van der Waals surface area contributed by atoms with Crippen LogP contribution in [0.15, 0.2) is 12.4 Å². The Kier molecular flexibility index (Phi) is 16.7. The van der Waals surface area contributed by atoms with Crippen LogP contribution >= 0.6 is 0 Å². The second kappa shape index (κ2) is 18.4. The first kappa shape index (κ1) is 25.4. The Hall–Kier alpha value is -0.660. The van der Waals surface area contributed by atoms with Crippen LogP contribution in [0.25, 0.3) is 0 Å². The van der Waals surface area contributed by atoms with Crippen LogP contribution in [0.1, 0.15) is 136 Å². The molecule has 0 saturated heterocycles. The van der Waals surface area contributed by atoms with Gasteiger partial charge < -0.3 is 9.80 Å². The molecule has 2 nitrogen and oxygen atoms in total. The van der Waals surface area contributed by atoms with E-state index in [9.17, 15) is 0 Å². The number of unbranched alkanes of at least 4 members (excludes halogenated alkanes) is 15. The van der Waals surface area contributed by atoms with Gasteiger partial charge in [0.1, 0.15) is 6.17 Å². The van der Waals surface area contributed by atoms with Crippen molar-refractivity contribution in [1.29, 1.82) is 0 Å². The molecular weight excluding hydrogens is 340 g/mol. The molecule has 0 aromatic heterocycles. The van der Waals surface area contributed by atoms with E-state index in [4.69, 9.17) is 0 Å². The molecular formula is C26H52N2. The van der Waals surface area contributed by atoms with Gasteiger partial charge in [-0.15, -0.1) is 0 Å². The van der Waals surface area contributed by atoms with Crippen LogP contribution < -0.4 is 0 Å². The van der Waals surface area contributed by atoms with Crippen molar-refractivity contribution in [2.75, 3.05) is 13.1 Å². The van der Waals surface area contributed by atoms with Crippen molar-refractivity contribution in [1.82, 2.24) is 9.80 Å². The summed E-state index contributed by atoms with van der Waals surface area (Å²) in [4.78, 5) is 5.17. The van der Waals surface area contributed by atoms with E-state index in [0.717, 1.165) is 6.54 Å². The summed E-state index contributed by atoms with van der Waals surface area (Å²) in [5.74, 6) is 0. The summed E-state index contributed by atoms with van der Waals surface area (Å²) in [6.07, 6.45) is 30.9. The predicted octanol–water partition coefficient (Wildman–Crippen LogP) is 8.48. The van der Waals surface area contributed by atoms with E-state index in [0.29, 0.717) is 6.17 Å². The second-order valence-corrected chi connectivity index (χ2v) is 8.94. The first-order valence-corrected chi connectivity index (χ1v) is 13.0. The minimum atomic E-state index is 0.638. The average Bonchev–Trinajstić information content (AvgIpc) is 3.10. The molecule has 0 aliphatic carbocycles. The van der Waals surface area contributed by atoms with Crippen LogP contribution in [0.2, 0.25) is 0 Å². The smallest absolute Gasteiger partial charge is 0.101 e. The molecule has 1 atom stereocenters. The monoisotopic (exact) mass is 392 g/mol. The third kappa shape index (κ3) is 12.0. The Balaban J connectivity index is 2.01. The standard InChI is InChI=1S/C26H52N2/c1-4-7-9-11-12-13-14-15-16-17-19-21-23-28-25-24-27(6-3)26(28)22-20-18-10-8-5-2/h24-26H,4-23H2,1-3H3. The summed E-state index contributed by atoms with van der Waals surface area (Å²) >= 11 is 0. The predicted molar refractivity (Wildman–Crippen MR) is 126 cm³/mol. The van der Waals surface area contributed by atoms with Gasteiger partial charge in [-0.25, -0.2) is 0 Å². The lowest BCUT2D eigenvalue weighted by Gasteiger charge is -2.32. The highest BCUT2D eigenvalue weighted by Crippen LogP contribution is 2.22. The van der Waals surface area contributed by atoms with Crippen molar-refractivity contribution in [3.63, 3.8) is 0 Å². The van der Waals surface area contributed by atoms with Crippen molar-refractivity contribution >= 4 is 0 Å². The first-order valence-electron chi connectivity index (χ1n) is 13.0. The van der Waals surface area contributed by atoms with Crippen LogP contribution in [0.4, 0.5) is 0 Å². The van der Waals surface area contributed by atoms with E-state index in [2.05, 4.69) is 43.0 Å². The summed E-state index contributed by atoms with van der Waals surface area (Å²) in [5.41, 5.74) is 0. The zero-order valence-electron chi connectivity index (χ0n) is 19.8. The lowest BCUT2D eigenvalue weighted by Crippen LogP contribution is -2.38. The fraction of sp³-hybridized carbons (Fsp3) is 0.923. The summed E-state index contributed by atoms with van der Waals surface area (Å²) in [7, 11) is 0. The molecule has 0 saturated carbocycles. The van der Waals surface area contributed by atoms with Gasteiger partial charge in [0, 0.05) is 25.5 Å². The Morgan fingerprint density at radius 1 is 0.500 bits per heavy atom. The van der Waals surface area contributed by atoms with E-state index in [1.807, 2.05) is 0 Å². The molecule has 0 aromatic rings. The molecule has 0 spiro atoms. The zero-order chi connectivity index (χ0) is 20.3. The quantitative estimate of drug-likeness (QED) is 0.192. The Morgan fingerprint density at radius 2 is 0.929 bits per heavy atom. The van der Waals surface area contributed by atoms with Crippen molar-refractivity contribution < 1.29 is 0 Å². The summed E-state index contributed by atoms with van der Waals surface area (Å²) < 4.78 is 0. The van der Waals surface area contributed by atoms with E-state index in [1.54, 1.807) is 0 Å². The fourth-order valence-corrected chi connectivity index (χ4v) is 4.50. The van der Waals surface area contributed by atoms with Crippen LogP contribution in [0.5, 0.6) is 0 Å². The van der Waals surface area contributed by atoms with Crippen molar-refractivity contribution in [2.24, 2.45) is 0 Å². The first-order chi connectivity index (χ1) is 13.8. The van der Waals surface area contributed by atoms with Gasteiger partial charge in [0.25, 0.3) is 0 Å². The molecule has 28 heavy (non-hydrogen) atoms. The molecule has 1 aliphatic rings. The van der Waals surface area contributed by atoms with Gasteiger partial charge in [-0.2, -0.15) is 0 Å². The van der Waals surface area contributed by atoms with Gasteiger partial charge >= 0.3 is 0 Å². The topological polar surface area (TPSA) is 6.48 Å². The number of hydrogen-bond donors (Lipinski definition) is 0. The molecule has 1 heterocycles. The number of nitrogens with zero attached hydrogens (tertiary/aromatic N) is 2. The van der Waals surface area contributed by atoms with Crippen molar-refractivity contribution in [3.8, 4) is 0 Å². The maximum atomic E-state index is 2.62. The van der Waals surface area contributed by atoms with Gasteiger partial charge in [0.05, 0.1) is 0 Å². The van der Waals surface area contributed by atoms with Crippen LogP contribution in [-0.4, -0.2) is 29.1 Å².